The molecule has 2 rings (SSSR count). The number of nitrogens with two attached hydrogens (primary N) is 1. The van der Waals surface area contributed by atoms with Crippen LogP contribution in [0.2, 0.25) is 0 Å². The molecule has 4 heteroatoms. The Hall–Kier alpha value is -1.16. The van der Waals surface area contributed by atoms with Crippen LogP contribution in [0.15, 0.2) is 24.3 Å². The first-order valence-electron chi connectivity index (χ1n) is 5.30. The third-order valence-corrected chi connectivity index (χ3v) is 2.76. The lowest BCUT2D eigenvalue weighted by Gasteiger charge is -2.18. The van der Waals surface area contributed by atoms with Gasteiger partial charge < -0.3 is 10.5 Å². The van der Waals surface area contributed by atoms with Crippen molar-refractivity contribution in [1.29, 1.82) is 0 Å². The maximum absolute atomic E-state index is 13.2. The second-order valence-electron chi connectivity index (χ2n) is 4.52. The minimum Gasteiger partial charge on any atom is -0.491 e. The predicted octanol–water partition coefficient (Wildman–Crippen LogP) is 2.67. The van der Waals surface area contributed by atoms with Gasteiger partial charge in [-0.25, -0.2) is 8.78 Å². The number of alkyl halides is 2. The molecule has 16 heavy (non-hydrogen) atoms. The molecule has 0 aromatic heterocycles. The summed E-state index contributed by atoms with van der Waals surface area (Å²) < 4.78 is 31.9. The van der Waals surface area contributed by atoms with Crippen molar-refractivity contribution < 1.29 is 13.5 Å². The van der Waals surface area contributed by atoms with Gasteiger partial charge in [0.1, 0.15) is 11.3 Å². The summed E-state index contributed by atoms with van der Waals surface area (Å²) in [5.41, 5.74) is 4.55. The van der Waals surface area contributed by atoms with Crippen LogP contribution < -0.4 is 10.5 Å². The zero-order chi connectivity index (χ0) is 12.0. The molecule has 2 N–H and O–H groups in total. The fraction of sp³-hybridized carbons (Fsp3) is 0.500. The van der Waals surface area contributed by atoms with Gasteiger partial charge in [-0.1, -0.05) is 18.2 Å². The molecule has 1 aromatic carbocycles. The Morgan fingerprint density at radius 3 is 2.38 bits per heavy atom. The minimum atomic E-state index is -2.82. The van der Waals surface area contributed by atoms with Gasteiger partial charge in [0.2, 0.25) is 0 Å². The Kier molecular flexibility index (Phi) is 2.42. The minimum absolute atomic E-state index is 0.0582. The summed E-state index contributed by atoms with van der Waals surface area (Å²) in [4.78, 5) is 0. The van der Waals surface area contributed by atoms with E-state index in [1.807, 2.05) is 13.8 Å². The van der Waals surface area contributed by atoms with E-state index in [0.717, 1.165) is 0 Å². The molecule has 0 radical (unpaired) electrons. The first-order chi connectivity index (χ1) is 7.37. The molecule has 0 saturated heterocycles. The Morgan fingerprint density at radius 2 is 1.88 bits per heavy atom. The summed E-state index contributed by atoms with van der Waals surface area (Å²) in [6.45, 7) is 3.70. The second kappa shape index (κ2) is 3.42. The molecule has 88 valence electrons. The molecular weight excluding hydrogens is 212 g/mol. The number of halogens is 2. The normalized spacial score (nSPS) is 26.9. The van der Waals surface area contributed by atoms with Crippen molar-refractivity contribution in [3.63, 3.8) is 0 Å². The fourth-order valence-corrected chi connectivity index (χ4v) is 1.79. The van der Waals surface area contributed by atoms with Crippen LogP contribution in [0.25, 0.3) is 0 Å². The first-order valence-corrected chi connectivity index (χ1v) is 5.30. The zero-order valence-electron chi connectivity index (χ0n) is 9.34. The lowest BCUT2D eigenvalue weighted by Crippen LogP contribution is -2.28. The highest BCUT2D eigenvalue weighted by atomic mass is 19.3. The average molecular weight is 227 g/mol. The van der Waals surface area contributed by atoms with E-state index in [1.54, 1.807) is 24.3 Å². The lowest BCUT2D eigenvalue weighted by molar-refractivity contribution is 0.0877. The molecule has 0 heterocycles. The van der Waals surface area contributed by atoms with Crippen molar-refractivity contribution in [3.05, 3.63) is 29.8 Å². The fourth-order valence-electron chi connectivity index (χ4n) is 1.79. The topological polar surface area (TPSA) is 35.2 Å². The summed E-state index contributed by atoms with van der Waals surface area (Å²) in [5.74, 6) is -2.36. The van der Waals surface area contributed by atoms with Crippen LogP contribution in [0, 0.1) is 0 Å². The average Bonchev–Trinajstić information content (AvgIpc) is 2.66. The number of para-hydroxylation sites is 1. The van der Waals surface area contributed by atoms with Crippen molar-refractivity contribution in [3.8, 4) is 5.75 Å². The molecule has 0 amide bonds. The third-order valence-electron chi connectivity index (χ3n) is 2.76. The molecule has 1 fully saturated rings. The van der Waals surface area contributed by atoms with Gasteiger partial charge in [-0.3, -0.25) is 0 Å². The molecule has 0 spiro atoms. The summed E-state index contributed by atoms with van der Waals surface area (Å²) in [6, 6.07) is 6.74. The Morgan fingerprint density at radius 1 is 1.31 bits per heavy atom. The van der Waals surface area contributed by atoms with Crippen molar-refractivity contribution in [2.75, 3.05) is 0 Å². The van der Waals surface area contributed by atoms with Gasteiger partial charge in [0.15, 0.2) is 0 Å². The zero-order valence-corrected chi connectivity index (χ0v) is 9.34. The summed E-state index contributed by atoms with van der Waals surface area (Å²) >= 11 is 0. The van der Waals surface area contributed by atoms with Gasteiger partial charge >= 0.3 is 0 Å². The monoisotopic (exact) mass is 227 g/mol. The largest absolute Gasteiger partial charge is 0.491 e. The van der Waals surface area contributed by atoms with Crippen molar-refractivity contribution in [2.24, 2.45) is 5.73 Å². The quantitative estimate of drug-likeness (QED) is 0.861. The number of hydrogen-bond donors (Lipinski definition) is 1. The third kappa shape index (κ3) is 1.67. The van der Waals surface area contributed by atoms with E-state index in [1.165, 1.54) is 0 Å². The smallest absolute Gasteiger partial charge is 0.272 e. The van der Waals surface area contributed by atoms with Crippen molar-refractivity contribution in [1.82, 2.24) is 0 Å². The molecule has 1 saturated carbocycles. The highest BCUT2D eigenvalue weighted by Gasteiger charge is 2.70. The van der Waals surface area contributed by atoms with E-state index < -0.39 is 11.5 Å². The summed E-state index contributed by atoms with van der Waals surface area (Å²) in [6.07, 6.45) is -0.365. The van der Waals surface area contributed by atoms with Crippen LogP contribution in [0.4, 0.5) is 8.78 Å². The molecule has 1 aliphatic rings. The molecule has 1 aromatic rings. The van der Waals surface area contributed by atoms with E-state index >= 15 is 0 Å². The number of rotatable bonds is 3. The Bertz CT molecular complexity index is 406. The molecule has 1 atom stereocenters. The number of hydrogen-bond acceptors (Lipinski definition) is 2. The van der Waals surface area contributed by atoms with Crippen LogP contribution in [0.3, 0.4) is 0 Å². The van der Waals surface area contributed by atoms with Gasteiger partial charge in [-0.05, 0) is 19.9 Å². The standard InChI is InChI=1S/C12H15F2NO/c1-8(2)16-10-6-4-3-5-9(10)11(15)7-12(11,13)14/h3-6,8H,7,15H2,1-2H3. The van der Waals surface area contributed by atoms with Crippen LogP contribution in [0.1, 0.15) is 25.8 Å². The Labute approximate surface area is 93.4 Å². The van der Waals surface area contributed by atoms with Crippen molar-refractivity contribution in [2.45, 2.75) is 37.8 Å². The predicted molar refractivity (Wildman–Crippen MR) is 57.6 cm³/mol. The SMILES string of the molecule is CC(C)Oc1ccccc1C1(N)CC1(F)F. The number of ether oxygens (including phenoxy) is 1. The molecular formula is C12H15F2NO. The molecule has 2 nitrogen and oxygen atoms in total. The van der Waals surface area contributed by atoms with E-state index in [2.05, 4.69) is 0 Å². The van der Waals surface area contributed by atoms with Gasteiger partial charge in [0.25, 0.3) is 5.92 Å². The number of benzene rings is 1. The van der Waals surface area contributed by atoms with E-state index in [4.69, 9.17) is 10.5 Å². The van der Waals surface area contributed by atoms with E-state index in [0.29, 0.717) is 11.3 Å². The lowest BCUT2D eigenvalue weighted by atomic mass is 10.0. The van der Waals surface area contributed by atoms with Crippen LogP contribution in [-0.2, 0) is 5.54 Å². The van der Waals surface area contributed by atoms with Gasteiger partial charge in [-0.15, -0.1) is 0 Å². The van der Waals surface area contributed by atoms with Gasteiger partial charge in [-0.2, -0.15) is 0 Å². The first kappa shape index (κ1) is 11.3. The molecule has 1 unspecified atom stereocenters. The maximum atomic E-state index is 13.2. The summed E-state index contributed by atoms with van der Waals surface area (Å²) in [5, 5.41) is 0. The van der Waals surface area contributed by atoms with Crippen LogP contribution >= 0.6 is 0 Å². The molecule has 0 aliphatic heterocycles. The second-order valence-corrected chi connectivity index (χ2v) is 4.52. The molecule has 0 bridgehead atoms. The van der Waals surface area contributed by atoms with E-state index in [-0.39, 0.29) is 12.5 Å². The van der Waals surface area contributed by atoms with Crippen LogP contribution in [0.5, 0.6) is 5.75 Å². The van der Waals surface area contributed by atoms with Gasteiger partial charge in [0, 0.05) is 12.0 Å². The van der Waals surface area contributed by atoms with Crippen molar-refractivity contribution >= 4 is 0 Å². The molecule has 1 aliphatic carbocycles. The highest BCUT2D eigenvalue weighted by molar-refractivity contribution is 5.45. The van der Waals surface area contributed by atoms with Crippen LogP contribution in [-0.4, -0.2) is 12.0 Å². The van der Waals surface area contributed by atoms with Gasteiger partial charge in [0.05, 0.1) is 6.10 Å². The Balaban J connectivity index is 2.35. The summed E-state index contributed by atoms with van der Waals surface area (Å²) in [7, 11) is 0. The highest BCUT2D eigenvalue weighted by Crippen LogP contribution is 2.59. The maximum Gasteiger partial charge on any atom is 0.272 e. The van der Waals surface area contributed by atoms with E-state index in [9.17, 15) is 8.78 Å².